The first kappa shape index (κ1) is 11.8. The molecule has 2 aromatic rings. The number of nitrogens with zero attached hydrogens (tertiary/aromatic N) is 1. The summed E-state index contributed by atoms with van der Waals surface area (Å²) in [4.78, 5) is 24.0. The van der Waals surface area contributed by atoms with Gasteiger partial charge in [0.2, 0.25) is 0 Å². The summed E-state index contributed by atoms with van der Waals surface area (Å²) >= 11 is 0. The van der Waals surface area contributed by atoms with Gasteiger partial charge in [-0.3, -0.25) is 10.1 Å². The molecule has 0 saturated carbocycles. The number of hydrogen-bond acceptors (Lipinski definition) is 4. The fourth-order valence-electron chi connectivity index (χ4n) is 1.41. The normalized spacial score (nSPS) is 10.0. The molecule has 1 aromatic carbocycles. The number of H-pyrrole nitrogens is 1. The maximum absolute atomic E-state index is 11.6. The van der Waals surface area contributed by atoms with Gasteiger partial charge in [0.15, 0.2) is 0 Å². The van der Waals surface area contributed by atoms with E-state index in [1.165, 1.54) is 0 Å². The summed E-state index contributed by atoms with van der Waals surface area (Å²) in [6.45, 7) is 0.131. The number of nitrogens with one attached hydrogen (secondary N) is 1. The quantitative estimate of drug-likeness (QED) is 0.509. The van der Waals surface area contributed by atoms with Crippen LogP contribution in [0.15, 0.2) is 42.6 Å². The van der Waals surface area contributed by atoms with Crippen LogP contribution in [0, 0.1) is 10.1 Å². The molecule has 0 aliphatic rings. The highest BCUT2D eigenvalue weighted by atomic mass is 16.6. The Morgan fingerprint density at radius 3 is 2.67 bits per heavy atom. The van der Waals surface area contributed by atoms with Gasteiger partial charge in [-0.1, -0.05) is 30.3 Å². The zero-order chi connectivity index (χ0) is 13.0. The standard InChI is InChI=1S/C12H10N2O4/c15-12(11-6-10(7-13-11)14(16)17)18-8-9-4-2-1-3-5-9/h1-7,13H,8H2. The summed E-state index contributed by atoms with van der Waals surface area (Å²) in [6.07, 6.45) is 1.15. The Morgan fingerprint density at radius 1 is 1.33 bits per heavy atom. The van der Waals surface area contributed by atoms with E-state index in [0.29, 0.717) is 0 Å². The number of nitro groups is 1. The molecule has 0 spiro atoms. The lowest BCUT2D eigenvalue weighted by molar-refractivity contribution is -0.384. The van der Waals surface area contributed by atoms with E-state index >= 15 is 0 Å². The zero-order valence-corrected chi connectivity index (χ0v) is 9.33. The van der Waals surface area contributed by atoms with Crippen LogP contribution in [0.25, 0.3) is 0 Å². The largest absolute Gasteiger partial charge is 0.456 e. The molecule has 1 heterocycles. The Labute approximate surface area is 102 Å². The summed E-state index contributed by atoms with van der Waals surface area (Å²) in [5.74, 6) is -0.619. The second kappa shape index (κ2) is 5.13. The maximum atomic E-state index is 11.6. The molecule has 6 heteroatoms. The average Bonchev–Trinajstić information content (AvgIpc) is 2.87. The number of carbonyl (C=O) groups excluding carboxylic acids is 1. The van der Waals surface area contributed by atoms with E-state index in [2.05, 4.69) is 4.98 Å². The summed E-state index contributed by atoms with van der Waals surface area (Å²) in [5.41, 5.74) is 0.756. The lowest BCUT2D eigenvalue weighted by Crippen LogP contribution is -2.05. The fraction of sp³-hybridized carbons (Fsp3) is 0.0833. The number of ether oxygens (including phenoxy) is 1. The van der Waals surface area contributed by atoms with Crippen LogP contribution in [-0.4, -0.2) is 15.9 Å². The molecule has 2 rings (SSSR count). The minimum absolute atomic E-state index is 0.0673. The van der Waals surface area contributed by atoms with Gasteiger partial charge in [0, 0.05) is 6.07 Å². The van der Waals surface area contributed by atoms with Crippen LogP contribution in [0.5, 0.6) is 0 Å². The summed E-state index contributed by atoms with van der Waals surface area (Å²) in [6, 6.07) is 10.3. The van der Waals surface area contributed by atoms with Crippen LogP contribution in [-0.2, 0) is 11.3 Å². The predicted molar refractivity (Wildman–Crippen MR) is 63.0 cm³/mol. The lowest BCUT2D eigenvalue weighted by Gasteiger charge is -2.02. The highest BCUT2D eigenvalue weighted by molar-refractivity contribution is 5.88. The SMILES string of the molecule is O=C(OCc1ccccc1)c1cc([N+](=O)[O-])c[nH]1. The molecule has 18 heavy (non-hydrogen) atoms. The number of esters is 1. The molecule has 1 aromatic heterocycles. The molecular weight excluding hydrogens is 236 g/mol. The van der Waals surface area contributed by atoms with Crippen LogP contribution in [0.1, 0.15) is 16.1 Å². The van der Waals surface area contributed by atoms with Crippen molar-refractivity contribution in [1.82, 2.24) is 4.98 Å². The van der Waals surface area contributed by atoms with Crippen molar-refractivity contribution < 1.29 is 14.5 Å². The molecule has 0 unspecified atom stereocenters. The number of benzene rings is 1. The van der Waals surface area contributed by atoms with Gasteiger partial charge in [0.1, 0.15) is 12.3 Å². The Bertz CT molecular complexity index is 562. The van der Waals surface area contributed by atoms with Gasteiger partial charge >= 0.3 is 5.97 Å². The molecule has 0 saturated heterocycles. The van der Waals surface area contributed by atoms with Crippen LogP contribution >= 0.6 is 0 Å². The van der Waals surface area contributed by atoms with Gasteiger partial charge < -0.3 is 9.72 Å². The topological polar surface area (TPSA) is 85.2 Å². The minimum Gasteiger partial charge on any atom is -0.456 e. The highest BCUT2D eigenvalue weighted by Gasteiger charge is 2.15. The van der Waals surface area contributed by atoms with Crippen LogP contribution in [0.2, 0.25) is 0 Å². The molecule has 6 nitrogen and oxygen atoms in total. The maximum Gasteiger partial charge on any atom is 0.355 e. The van der Waals surface area contributed by atoms with Crippen molar-refractivity contribution >= 4 is 11.7 Å². The van der Waals surface area contributed by atoms with Crippen molar-refractivity contribution in [3.8, 4) is 0 Å². The van der Waals surface area contributed by atoms with Crippen molar-refractivity contribution in [2.45, 2.75) is 6.61 Å². The third-order valence-electron chi connectivity index (χ3n) is 2.31. The molecular formula is C12H10N2O4. The lowest BCUT2D eigenvalue weighted by atomic mass is 10.2. The first-order valence-corrected chi connectivity index (χ1v) is 5.20. The van der Waals surface area contributed by atoms with E-state index in [1.54, 1.807) is 0 Å². The Kier molecular flexibility index (Phi) is 3.38. The van der Waals surface area contributed by atoms with Crippen molar-refractivity contribution in [3.05, 3.63) is 64.0 Å². The smallest absolute Gasteiger partial charge is 0.355 e. The highest BCUT2D eigenvalue weighted by Crippen LogP contribution is 2.13. The van der Waals surface area contributed by atoms with Gasteiger partial charge in [-0.15, -0.1) is 0 Å². The van der Waals surface area contributed by atoms with Crippen molar-refractivity contribution in [2.75, 3.05) is 0 Å². The van der Waals surface area contributed by atoms with Gasteiger partial charge in [0.05, 0.1) is 11.1 Å². The monoisotopic (exact) mass is 246 g/mol. The molecule has 0 atom stereocenters. The van der Waals surface area contributed by atoms with Gasteiger partial charge in [-0.2, -0.15) is 0 Å². The molecule has 92 valence electrons. The Balaban J connectivity index is 1.97. The average molecular weight is 246 g/mol. The Hall–Kier alpha value is -2.63. The van der Waals surface area contributed by atoms with Gasteiger partial charge in [0.25, 0.3) is 5.69 Å². The summed E-state index contributed by atoms with van der Waals surface area (Å²) in [5, 5.41) is 10.4. The van der Waals surface area contributed by atoms with E-state index in [0.717, 1.165) is 17.8 Å². The molecule has 0 bridgehead atoms. The third kappa shape index (κ3) is 2.73. The van der Waals surface area contributed by atoms with Gasteiger partial charge in [-0.05, 0) is 5.56 Å². The first-order chi connectivity index (χ1) is 8.66. The fourth-order valence-corrected chi connectivity index (χ4v) is 1.41. The number of rotatable bonds is 4. The molecule has 0 amide bonds. The second-order valence-corrected chi connectivity index (χ2v) is 3.59. The summed E-state index contributed by atoms with van der Waals surface area (Å²) < 4.78 is 5.01. The number of carbonyl (C=O) groups is 1. The van der Waals surface area contributed by atoms with Crippen molar-refractivity contribution in [1.29, 1.82) is 0 Å². The van der Waals surface area contributed by atoms with Crippen molar-refractivity contribution in [3.63, 3.8) is 0 Å². The number of aromatic amines is 1. The van der Waals surface area contributed by atoms with Crippen LogP contribution in [0.3, 0.4) is 0 Å². The van der Waals surface area contributed by atoms with Gasteiger partial charge in [-0.25, -0.2) is 4.79 Å². The molecule has 1 N–H and O–H groups in total. The first-order valence-electron chi connectivity index (χ1n) is 5.20. The molecule has 0 aliphatic heterocycles. The zero-order valence-electron chi connectivity index (χ0n) is 9.33. The molecule has 0 aliphatic carbocycles. The van der Waals surface area contributed by atoms with Crippen molar-refractivity contribution in [2.24, 2.45) is 0 Å². The van der Waals surface area contributed by atoms with E-state index in [4.69, 9.17) is 4.74 Å². The van der Waals surface area contributed by atoms with E-state index in [-0.39, 0.29) is 18.0 Å². The number of hydrogen-bond donors (Lipinski definition) is 1. The predicted octanol–water partition coefficient (Wildman–Crippen LogP) is 2.28. The van der Waals surface area contributed by atoms with Crippen LogP contribution in [0.4, 0.5) is 5.69 Å². The Morgan fingerprint density at radius 2 is 2.06 bits per heavy atom. The molecule has 0 radical (unpaired) electrons. The van der Waals surface area contributed by atoms with E-state index in [9.17, 15) is 14.9 Å². The minimum atomic E-state index is -0.619. The van der Waals surface area contributed by atoms with E-state index in [1.807, 2.05) is 30.3 Å². The molecule has 0 fully saturated rings. The van der Waals surface area contributed by atoms with E-state index < -0.39 is 10.9 Å². The second-order valence-electron chi connectivity index (χ2n) is 3.59. The van der Waals surface area contributed by atoms with Crippen LogP contribution < -0.4 is 0 Å². The summed E-state index contributed by atoms with van der Waals surface area (Å²) in [7, 11) is 0. The third-order valence-corrected chi connectivity index (χ3v) is 2.31. The number of aromatic nitrogens is 1.